The molecule has 3 heteroatoms. The van der Waals surface area contributed by atoms with Gasteiger partial charge in [-0.2, -0.15) is 0 Å². The predicted octanol–water partition coefficient (Wildman–Crippen LogP) is 2.26. The van der Waals surface area contributed by atoms with E-state index in [-0.39, 0.29) is 0 Å². The number of nitrogens with zero attached hydrogens (tertiary/aromatic N) is 1. The fraction of sp³-hybridized carbons (Fsp3) is 1.00. The second-order valence-electron chi connectivity index (χ2n) is 6.38. The molecule has 2 rings (SSSR count). The molecule has 0 aromatic heterocycles. The van der Waals surface area contributed by atoms with Gasteiger partial charge >= 0.3 is 0 Å². The van der Waals surface area contributed by atoms with Crippen LogP contribution in [0.5, 0.6) is 0 Å². The van der Waals surface area contributed by atoms with Gasteiger partial charge in [-0.15, -0.1) is 0 Å². The largest absolute Gasteiger partial charge is 0.378 e. The van der Waals surface area contributed by atoms with Crippen LogP contribution in [-0.4, -0.2) is 49.3 Å². The third-order valence-corrected chi connectivity index (χ3v) is 4.55. The Kier molecular flexibility index (Phi) is 5.46. The average Bonchev–Trinajstić information content (AvgIpc) is 2.38. The molecular formula is C15H30N2O. The lowest BCUT2D eigenvalue weighted by Gasteiger charge is -2.41. The lowest BCUT2D eigenvalue weighted by molar-refractivity contribution is -0.000152. The maximum atomic E-state index is 5.84. The van der Waals surface area contributed by atoms with Gasteiger partial charge in [-0.1, -0.05) is 13.8 Å². The minimum absolute atomic E-state index is 0.526. The summed E-state index contributed by atoms with van der Waals surface area (Å²) in [7, 11) is 0. The zero-order valence-corrected chi connectivity index (χ0v) is 12.3. The highest BCUT2D eigenvalue weighted by molar-refractivity contribution is 4.85. The summed E-state index contributed by atoms with van der Waals surface area (Å²) < 4.78 is 5.84. The van der Waals surface area contributed by atoms with Gasteiger partial charge in [-0.3, -0.25) is 4.90 Å². The number of piperazine rings is 1. The fourth-order valence-electron chi connectivity index (χ4n) is 3.05. The molecule has 0 radical (unpaired) electrons. The first-order valence-corrected chi connectivity index (χ1v) is 7.76. The molecule has 2 aliphatic heterocycles. The van der Waals surface area contributed by atoms with Crippen LogP contribution >= 0.6 is 0 Å². The van der Waals surface area contributed by atoms with E-state index in [2.05, 4.69) is 31.0 Å². The summed E-state index contributed by atoms with van der Waals surface area (Å²) in [6, 6.07) is 1.33. The summed E-state index contributed by atoms with van der Waals surface area (Å²) in [5.41, 5.74) is 0. The normalized spacial score (nSPS) is 35.0. The first-order chi connectivity index (χ1) is 8.66. The molecule has 0 bridgehead atoms. The lowest BCUT2D eigenvalue weighted by Crippen LogP contribution is -2.57. The first-order valence-electron chi connectivity index (χ1n) is 7.76. The zero-order chi connectivity index (χ0) is 13.0. The SMILES string of the molecule is CC(C)C1CN(CCC2CCCCO2)C(C)CN1. The van der Waals surface area contributed by atoms with Gasteiger partial charge in [0.1, 0.15) is 0 Å². The molecule has 0 aliphatic carbocycles. The summed E-state index contributed by atoms with van der Waals surface area (Å²) >= 11 is 0. The molecule has 2 heterocycles. The second kappa shape index (κ2) is 6.88. The molecule has 3 nitrogen and oxygen atoms in total. The molecule has 0 aromatic rings. The van der Waals surface area contributed by atoms with Crippen molar-refractivity contribution >= 4 is 0 Å². The van der Waals surface area contributed by atoms with Crippen molar-refractivity contribution in [2.75, 3.05) is 26.2 Å². The predicted molar refractivity (Wildman–Crippen MR) is 75.9 cm³/mol. The van der Waals surface area contributed by atoms with E-state index in [1.165, 1.54) is 38.8 Å². The average molecular weight is 254 g/mol. The highest BCUT2D eigenvalue weighted by Crippen LogP contribution is 2.18. The van der Waals surface area contributed by atoms with E-state index < -0.39 is 0 Å². The number of ether oxygens (including phenoxy) is 1. The Labute approximate surface area is 112 Å². The van der Waals surface area contributed by atoms with E-state index in [1.807, 2.05) is 0 Å². The summed E-state index contributed by atoms with van der Waals surface area (Å²) in [6.07, 6.45) is 5.63. The topological polar surface area (TPSA) is 24.5 Å². The van der Waals surface area contributed by atoms with Crippen molar-refractivity contribution in [3.05, 3.63) is 0 Å². The van der Waals surface area contributed by atoms with Crippen molar-refractivity contribution in [1.29, 1.82) is 0 Å². The Balaban J connectivity index is 1.75. The quantitative estimate of drug-likeness (QED) is 0.833. The van der Waals surface area contributed by atoms with Crippen LogP contribution in [0.25, 0.3) is 0 Å². The van der Waals surface area contributed by atoms with Crippen molar-refractivity contribution in [2.24, 2.45) is 5.92 Å². The minimum atomic E-state index is 0.526. The van der Waals surface area contributed by atoms with Crippen molar-refractivity contribution in [2.45, 2.75) is 64.6 Å². The summed E-state index contributed by atoms with van der Waals surface area (Å²) in [5, 5.41) is 3.66. The van der Waals surface area contributed by atoms with Crippen LogP contribution in [0.15, 0.2) is 0 Å². The van der Waals surface area contributed by atoms with Crippen LogP contribution < -0.4 is 5.32 Å². The highest BCUT2D eigenvalue weighted by atomic mass is 16.5. The monoisotopic (exact) mass is 254 g/mol. The van der Waals surface area contributed by atoms with Gasteiger partial charge in [0, 0.05) is 38.3 Å². The molecule has 106 valence electrons. The van der Waals surface area contributed by atoms with Gasteiger partial charge in [0.05, 0.1) is 6.10 Å². The van der Waals surface area contributed by atoms with Crippen molar-refractivity contribution in [3.8, 4) is 0 Å². The van der Waals surface area contributed by atoms with Crippen LogP contribution in [0.1, 0.15) is 46.5 Å². The number of hydrogen-bond donors (Lipinski definition) is 1. The molecule has 3 unspecified atom stereocenters. The zero-order valence-electron chi connectivity index (χ0n) is 12.3. The lowest BCUT2D eigenvalue weighted by atomic mass is 9.99. The molecule has 2 fully saturated rings. The van der Waals surface area contributed by atoms with E-state index >= 15 is 0 Å². The van der Waals surface area contributed by atoms with Crippen LogP contribution in [0.4, 0.5) is 0 Å². The maximum Gasteiger partial charge on any atom is 0.0587 e. The molecule has 0 amide bonds. The van der Waals surface area contributed by atoms with Gasteiger partial charge in [0.25, 0.3) is 0 Å². The molecule has 0 aromatic carbocycles. The molecule has 1 N–H and O–H groups in total. The summed E-state index contributed by atoms with van der Waals surface area (Å²) in [6.45, 7) is 11.5. The molecule has 2 saturated heterocycles. The van der Waals surface area contributed by atoms with Crippen LogP contribution in [0.2, 0.25) is 0 Å². The van der Waals surface area contributed by atoms with Gasteiger partial charge in [0.15, 0.2) is 0 Å². The third kappa shape index (κ3) is 3.94. The molecule has 0 spiro atoms. The van der Waals surface area contributed by atoms with Gasteiger partial charge < -0.3 is 10.1 Å². The van der Waals surface area contributed by atoms with Crippen LogP contribution in [-0.2, 0) is 4.74 Å². The minimum Gasteiger partial charge on any atom is -0.378 e. The Morgan fingerprint density at radius 2 is 2.17 bits per heavy atom. The van der Waals surface area contributed by atoms with E-state index in [4.69, 9.17) is 4.74 Å². The van der Waals surface area contributed by atoms with Gasteiger partial charge in [0.2, 0.25) is 0 Å². The number of nitrogens with one attached hydrogen (secondary N) is 1. The molecule has 18 heavy (non-hydrogen) atoms. The van der Waals surface area contributed by atoms with E-state index in [1.54, 1.807) is 0 Å². The van der Waals surface area contributed by atoms with Crippen LogP contribution in [0, 0.1) is 5.92 Å². The highest BCUT2D eigenvalue weighted by Gasteiger charge is 2.27. The van der Waals surface area contributed by atoms with Gasteiger partial charge in [-0.25, -0.2) is 0 Å². The van der Waals surface area contributed by atoms with Crippen LogP contribution in [0.3, 0.4) is 0 Å². The Morgan fingerprint density at radius 3 is 2.83 bits per heavy atom. The van der Waals surface area contributed by atoms with E-state index in [0.29, 0.717) is 18.2 Å². The second-order valence-corrected chi connectivity index (χ2v) is 6.38. The summed E-state index contributed by atoms with van der Waals surface area (Å²) in [5.74, 6) is 0.728. The first kappa shape index (κ1) is 14.3. The summed E-state index contributed by atoms with van der Waals surface area (Å²) in [4.78, 5) is 2.65. The molecule has 3 atom stereocenters. The van der Waals surface area contributed by atoms with Crippen molar-refractivity contribution < 1.29 is 4.74 Å². The Hall–Kier alpha value is -0.120. The van der Waals surface area contributed by atoms with Crippen molar-refractivity contribution in [3.63, 3.8) is 0 Å². The molecule has 0 saturated carbocycles. The molecular weight excluding hydrogens is 224 g/mol. The van der Waals surface area contributed by atoms with Crippen molar-refractivity contribution in [1.82, 2.24) is 10.2 Å². The molecule has 2 aliphatic rings. The maximum absolute atomic E-state index is 5.84. The third-order valence-electron chi connectivity index (χ3n) is 4.55. The fourth-order valence-corrected chi connectivity index (χ4v) is 3.05. The Morgan fingerprint density at radius 1 is 1.33 bits per heavy atom. The van der Waals surface area contributed by atoms with E-state index in [0.717, 1.165) is 19.1 Å². The Bertz CT molecular complexity index is 239. The standard InChI is InChI=1S/C15H30N2O/c1-12(2)15-11-17(13(3)10-16-15)8-7-14-6-4-5-9-18-14/h12-16H,4-11H2,1-3H3. The van der Waals surface area contributed by atoms with Gasteiger partial charge in [-0.05, 0) is 38.5 Å². The van der Waals surface area contributed by atoms with E-state index in [9.17, 15) is 0 Å². The number of hydrogen-bond acceptors (Lipinski definition) is 3. The number of rotatable bonds is 4. The smallest absolute Gasteiger partial charge is 0.0587 e.